The van der Waals surface area contributed by atoms with Crippen LogP contribution >= 0.6 is 0 Å². The van der Waals surface area contributed by atoms with E-state index in [2.05, 4.69) is 11.1 Å². The number of aromatic nitrogens is 1. The van der Waals surface area contributed by atoms with Crippen molar-refractivity contribution in [2.45, 2.75) is 0 Å². The number of hydrogen-bond donors (Lipinski definition) is 1. The lowest BCUT2D eigenvalue weighted by Gasteiger charge is -2.03. The lowest BCUT2D eigenvalue weighted by Crippen LogP contribution is -1.91. The van der Waals surface area contributed by atoms with Crippen LogP contribution in [0.15, 0.2) is 48.7 Å². The Labute approximate surface area is 103 Å². The molecule has 1 radical (unpaired) electrons. The first-order valence-corrected chi connectivity index (χ1v) is 5.48. The molecule has 0 unspecified atom stereocenters. The van der Waals surface area contributed by atoms with E-state index in [1.54, 1.807) is 24.4 Å². The molecule has 1 aromatic heterocycles. The quantitative estimate of drug-likeness (QED) is 0.547. The molecule has 0 aliphatic heterocycles. The minimum Gasteiger partial charge on any atom is -0.361 e. The van der Waals surface area contributed by atoms with Crippen LogP contribution in [0.4, 0.5) is 5.69 Å². The summed E-state index contributed by atoms with van der Waals surface area (Å²) in [5, 5.41) is 11.9. The predicted octanol–water partition coefficient (Wildman–Crippen LogP) is 3.54. The Morgan fingerprint density at radius 2 is 2.00 bits per heavy atom. The minimum atomic E-state index is -0.361. The van der Waals surface area contributed by atoms with Crippen LogP contribution in [0.5, 0.6) is 0 Å². The van der Waals surface area contributed by atoms with E-state index in [9.17, 15) is 10.1 Å². The molecule has 3 aromatic rings. The standard InChI is InChI=1S/C14H9N2O2/c17-16(18)14-4-2-1-3-12(14)10-5-6-13-11(9-10)7-8-15-13/h1-6,8-9,15H. The second-order valence-corrected chi connectivity index (χ2v) is 3.97. The molecule has 1 N–H and O–H groups in total. The number of aromatic amines is 1. The van der Waals surface area contributed by atoms with Gasteiger partial charge in [-0.2, -0.15) is 0 Å². The molecule has 0 saturated heterocycles. The molecule has 87 valence electrons. The van der Waals surface area contributed by atoms with Crippen molar-refractivity contribution in [2.24, 2.45) is 0 Å². The van der Waals surface area contributed by atoms with E-state index in [4.69, 9.17) is 0 Å². The Morgan fingerprint density at radius 3 is 2.83 bits per heavy atom. The molecule has 2 aromatic carbocycles. The molecule has 0 amide bonds. The largest absolute Gasteiger partial charge is 0.361 e. The summed E-state index contributed by atoms with van der Waals surface area (Å²) in [5.41, 5.74) is 2.54. The van der Waals surface area contributed by atoms with Crippen molar-refractivity contribution in [1.29, 1.82) is 0 Å². The molecule has 1 heterocycles. The Morgan fingerprint density at radius 1 is 1.17 bits per heavy atom. The fourth-order valence-electron chi connectivity index (χ4n) is 2.03. The third kappa shape index (κ3) is 1.64. The van der Waals surface area contributed by atoms with Crippen molar-refractivity contribution in [3.8, 4) is 11.1 Å². The molecule has 0 saturated carbocycles. The average Bonchev–Trinajstić information content (AvgIpc) is 2.85. The van der Waals surface area contributed by atoms with Gasteiger partial charge < -0.3 is 4.98 Å². The van der Waals surface area contributed by atoms with E-state index in [0.29, 0.717) is 5.56 Å². The molecule has 0 aliphatic rings. The van der Waals surface area contributed by atoms with Gasteiger partial charge in [0.1, 0.15) is 0 Å². The fraction of sp³-hybridized carbons (Fsp3) is 0. The summed E-state index contributed by atoms with van der Waals surface area (Å²) < 4.78 is 0. The number of para-hydroxylation sites is 1. The van der Waals surface area contributed by atoms with E-state index < -0.39 is 0 Å². The number of benzene rings is 2. The fourth-order valence-corrected chi connectivity index (χ4v) is 2.03. The third-order valence-electron chi connectivity index (χ3n) is 2.89. The molecule has 18 heavy (non-hydrogen) atoms. The van der Waals surface area contributed by atoms with Crippen LogP contribution < -0.4 is 0 Å². The van der Waals surface area contributed by atoms with Gasteiger partial charge in [-0.05, 0) is 23.8 Å². The van der Waals surface area contributed by atoms with Crippen LogP contribution in [0.1, 0.15) is 0 Å². The van der Waals surface area contributed by atoms with Gasteiger partial charge in [-0.3, -0.25) is 10.1 Å². The van der Waals surface area contributed by atoms with Gasteiger partial charge in [0, 0.05) is 29.2 Å². The summed E-state index contributed by atoms with van der Waals surface area (Å²) in [5.74, 6) is 0. The summed E-state index contributed by atoms with van der Waals surface area (Å²) in [6.45, 7) is 0. The van der Waals surface area contributed by atoms with Crippen LogP contribution in [0.3, 0.4) is 0 Å². The second-order valence-electron chi connectivity index (χ2n) is 3.97. The lowest BCUT2D eigenvalue weighted by molar-refractivity contribution is -0.384. The van der Waals surface area contributed by atoms with Gasteiger partial charge in [-0.25, -0.2) is 0 Å². The zero-order valence-electron chi connectivity index (χ0n) is 9.38. The summed E-state index contributed by atoms with van der Waals surface area (Å²) in [6.07, 6.45) is 1.73. The Bertz CT molecular complexity index is 731. The summed E-state index contributed by atoms with van der Waals surface area (Å²) in [7, 11) is 0. The van der Waals surface area contributed by atoms with Gasteiger partial charge in [0.2, 0.25) is 0 Å². The highest BCUT2D eigenvalue weighted by Gasteiger charge is 2.14. The summed E-state index contributed by atoms with van der Waals surface area (Å²) in [4.78, 5) is 13.7. The lowest BCUT2D eigenvalue weighted by atomic mass is 10.0. The topological polar surface area (TPSA) is 58.9 Å². The number of rotatable bonds is 2. The normalized spacial score (nSPS) is 10.7. The van der Waals surface area contributed by atoms with Crippen molar-refractivity contribution in [3.63, 3.8) is 0 Å². The first-order valence-electron chi connectivity index (χ1n) is 5.48. The first-order chi connectivity index (χ1) is 8.75. The number of hydrogen-bond acceptors (Lipinski definition) is 2. The molecule has 0 fully saturated rings. The van der Waals surface area contributed by atoms with Gasteiger partial charge in [0.05, 0.1) is 10.5 Å². The summed E-state index contributed by atoms with van der Waals surface area (Å²) >= 11 is 0. The number of nitro benzene ring substituents is 1. The molecule has 0 bridgehead atoms. The molecule has 4 nitrogen and oxygen atoms in total. The highest BCUT2D eigenvalue weighted by molar-refractivity contribution is 5.86. The van der Waals surface area contributed by atoms with Crippen molar-refractivity contribution < 1.29 is 4.92 Å². The van der Waals surface area contributed by atoms with Crippen LogP contribution in [0, 0.1) is 16.2 Å². The maximum atomic E-state index is 11.0. The van der Waals surface area contributed by atoms with E-state index >= 15 is 0 Å². The number of nitrogens with one attached hydrogen (secondary N) is 1. The molecule has 0 aliphatic carbocycles. The van der Waals surface area contributed by atoms with Crippen LogP contribution in [-0.2, 0) is 0 Å². The monoisotopic (exact) mass is 237 g/mol. The smallest absolute Gasteiger partial charge is 0.277 e. The Hall–Kier alpha value is -2.62. The van der Waals surface area contributed by atoms with Crippen molar-refractivity contribution in [2.75, 3.05) is 0 Å². The minimum absolute atomic E-state index is 0.118. The van der Waals surface area contributed by atoms with Gasteiger partial charge in [0.15, 0.2) is 0 Å². The Balaban J connectivity index is 2.22. The van der Waals surface area contributed by atoms with E-state index in [0.717, 1.165) is 16.5 Å². The van der Waals surface area contributed by atoms with Crippen LogP contribution in [-0.4, -0.2) is 9.91 Å². The van der Waals surface area contributed by atoms with Crippen molar-refractivity contribution in [1.82, 2.24) is 4.98 Å². The molecule has 0 atom stereocenters. The highest BCUT2D eigenvalue weighted by atomic mass is 16.6. The SMILES string of the molecule is O=[N+]([O-])c1ccccc1-c1ccc2[nH]c[c]c2c1. The highest BCUT2D eigenvalue weighted by Crippen LogP contribution is 2.31. The summed E-state index contributed by atoms with van der Waals surface area (Å²) in [6, 6.07) is 15.5. The van der Waals surface area contributed by atoms with Gasteiger partial charge in [-0.1, -0.05) is 18.2 Å². The number of nitrogens with zero attached hydrogens (tertiary/aromatic N) is 1. The number of fused-ring (bicyclic) bond motifs is 1. The third-order valence-corrected chi connectivity index (χ3v) is 2.89. The predicted molar refractivity (Wildman–Crippen MR) is 69.2 cm³/mol. The molecule has 4 heteroatoms. The van der Waals surface area contributed by atoms with Gasteiger partial charge in [0.25, 0.3) is 5.69 Å². The van der Waals surface area contributed by atoms with Gasteiger partial charge in [-0.15, -0.1) is 0 Å². The van der Waals surface area contributed by atoms with E-state index in [1.165, 1.54) is 6.07 Å². The first kappa shape index (κ1) is 10.5. The zero-order chi connectivity index (χ0) is 12.5. The average molecular weight is 237 g/mol. The molecular formula is C14H9N2O2. The van der Waals surface area contributed by atoms with E-state index in [1.807, 2.05) is 18.2 Å². The van der Waals surface area contributed by atoms with Crippen molar-refractivity contribution in [3.05, 3.63) is 64.8 Å². The maximum Gasteiger partial charge on any atom is 0.277 e. The van der Waals surface area contributed by atoms with Crippen molar-refractivity contribution >= 4 is 16.6 Å². The number of nitro groups is 1. The molecular weight excluding hydrogens is 228 g/mol. The van der Waals surface area contributed by atoms with Gasteiger partial charge >= 0.3 is 0 Å². The van der Waals surface area contributed by atoms with E-state index in [-0.39, 0.29) is 10.6 Å². The zero-order valence-corrected chi connectivity index (χ0v) is 9.38. The maximum absolute atomic E-state index is 11.0. The molecule has 0 spiro atoms. The number of H-pyrrole nitrogens is 1. The van der Waals surface area contributed by atoms with Crippen LogP contribution in [0.25, 0.3) is 22.0 Å². The second kappa shape index (κ2) is 4.00. The van der Waals surface area contributed by atoms with Crippen LogP contribution in [0.2, 0.25) is 0 Å². The Kier molecular flexibility index (Phi) is 2.34. The molecule has 3 rings (SSSR count).